The number of carbonyl (C=O) groups excluding carboxylic acids is 2. The fourth-order valence-electron chi connectivity index (χ4n) is 0.719. The van der Waals surface area contributed by atoms with Crippen molar-refractivity contribution in [2.75, 3.05) is 0 Å². The number of aliphatic hydroxyl groups is 3. The van der Waals surface area contributed by atoms with Crippen LogP contribution in [-0.2, 0) is 79.7 Å². The van der Waals surface area contributed by atoms with Crippen LogP contribution in [0.3, 0.4) is 0 Å². The zero-order valence-corrected chi connectivity index (χ0v) is 16.4. The first-order chi connectivity index (χ1) is 6.77. The van der Waals surface area contributed by atoms with E-state index in [0.717, 1.165) is 0 Å². The molecule has 4 unspecified atom stereocenters. The molecule has 0 aliphatic carbocycles. The van der Waals surface area contributed by atoms with E-state index in [1.54, 1.807) is 0 Å². The standard InChI is InChI=1S/C5H8O4.C4H7O2.CH3.2Y/c1-2-3(6)4(7)5(8)9-2;1-3(5)4(2)6;;;/h2-4,6-7H,1H3;4,6H,1H2,2H3;1H3;;/q;2*-1;;. The molecule has 6 nitrogen and oxygen atoms in total. The number of hydrogen-bond donors (Lipinski definition) is 3. The number of esters is 1. The molecule has 2 radical (unpaired) electrons. The first-order valence-electron chi connectivity index (χ1n) is 4.37. The van der Waals surface area contributed by atoms with Crippen LogP contribution in [-0.4, -0.2) is 51.5 Å². The number of aliphatic hydroxyl groups excluding tert-OH is 3. The molecule has 0 bridgehead atoms. The normalized spacial score (nSPS) is 26.1. The maximum absolute atomic E-state index is 10.4. The number of Topliss-reactive ketones (excluding diaryl/α,β-unsaturated/α-hetero) is 1. The Balaban J connectivity index is -0.0000000992. The van der Waals surface area contributed by atoms with Gasteiger partial charge in [0.05, 0.1) is 6.10 Å². The van der Waals surface area contributed by atoms with E-state index in [4.69, 9.17) is 15.3 Å². The third-order valence-electron chi connectivity index (χ3n) is 1.81. The molecule has 0 aromatic heterocycles. The topological polar surface area (TPSA) is 104 Å². The zero-order valence-electron chi connectivity index (χ0n) is 10.7. The van der Waals surface area contributed by atoms with E-state index in [2.05, 4.69) is 11.7 Å². The quantitative estimate of drug-likeness (QED) is 0.372. The maximum atomic E-state index is 10.4. The maximum Gasteiger partial charge on any atom is 0.338 e. The van der Waals surface area contributed by atoms with Gasteiger partial charge in [-0.2, -0.15) is 0 Å². The summed E-state index contributed by atoms with van der Waals surface area (Å²) in [6.07, 6.45) is -3.88. The fraction of sp³-hybridized carbons (Fsp3) is 0.600. The molecule has 0 aromatic carbocycles. The summed E-state index contributed by atoms with van der Waals surface area (Å²) in [5.41, 5.74) is 0. The average molecular weight is 412 g/mol. The van der Waals surface area contributed by atoms with E-state index in [1.165, 1.54) is 13.8 Å². The van der Waals surface area contributed by atoms with Crippen molar-refractivity contribution in [3.8, 4) is 0 Å². The molecule has 1 fully saturated rings. The van der Waals surface area contributed by atoms with Gasteiger partial charge in [0, 0.05) is 71.2 Å². The number of carbonyl (C=O) groups is 2. The second-order valence-electron chi connectivity index (χ2n) is 3.22. The van der Waals surface area contributed by atoms with E-state index < -0.39 is 36.2 Å². The van der Waals surface area contributed by atoms with Crippen molar-refractivity contribution in [1.82, 2.24) is 0 Å². The van der Waals surface area contributed by atoms with Gasteiger partial charge in [-0.3, -0.25) is 0 Å². The largest absolute Gasteiger partial charge is 0.458 e. The van der Waals surface area contributed by atoms with Gasteiger partial charge in [0.15, 0.2) is 6.10 Å². The van der Waals surface area contributed by atoms with Crippen LogP contribution in [0.15, 0.2) is 0 Å². The summed E-state index contributed by atoms with van der Waals surface area (Å²) in [4.78, 5) is 20.1. The van der Waals surface area contributed by atoms with Crippen LogP contribution in [0.5, 0.6) is 0 Å². The molecule has 8 heteroatoms. The Morgan fingerprint density at radius 2 is 1.72 bits per heavy atom. The zero-order chi connectivity index (χ0) is 12.2. The van der Waals surface area contributed by atoms with Gasteiger partial charge in [0.1, 0.15) is 12.2 Å². The van der Waals surface area contributed by atoms with Crippen molar-refractivity contribution in [1.29, 1.82) is 0 Å². The first kappa shape index (κ1) is 27.4. The van der Waals surface area contributed by atoms with Gasteiger partial charge in [-0.05, 0) is 13.8 Å². The SMILES string of the molecule is CC1OC(=O)C(O)C1O.[CH2-]C(=O)C(C)O.[CH3-].[Y].[Y]. The Bertz CT molecular complexity index is 247. The Morgan fingerprint density at radius 3 is 1.78 bits per heavy atom. The Labute approximate surface area is 158 Å². The van der Waals surface area contributed by atoms with Crippen LogP contribution in [0, 0.1) is 14.4 Å². The Kier molecular flexibility index (Phi) is 20.0. The van der Waals surface area contributed by atoms with Crippen molar-refractivity contribution in [2.24, 2.45) is 0 Å². The van der Waals surface area contributed by atoms with Gasteiger partial charge < -0.3 is 39.2 Å². The molecule has 1 rings (SSSR count). The molecule has 18 heavy (non-hydrogen) atoms. The predicted octanol–water partition coefficient (Wildman–Crippen LogP) is -1.13. The number of rotatable bonds is 1. The minimum absolute atomic E-state index is 0. The minimum Gasteiger partial charge on any atom is -0.458 e. The van der Waals surface area contributed by atoms with Crippen molar-refractivity contribution >= 4 is 11.8 Å². The molecule has 0 saturated carbocycles. The number of ketones is 1. The van der Waals surface area contributed by atoms with Gasteiger partial charge in [-0.1, -0.05) is 0 Å². The summed E-state index contributed by atoms with van der Waals surface area (Å²) in [6, 6.07) is 0. The van der Waals surface area contributed by atoms with Crippen LogP contribution in [0.4, 0.5) is 0 Å². The van der Waals surface area contributed by atoms with Crippen LogP contribution in [0.2, 0.25) is 0 Å². The minimum atomic E-state index is -1.35. The fourth-order valence-corrected chi connectivity index (χ4v) is 0.719. The average Bonchev–Trinajstić information content (AvgIpc) is 2.34. The third kappa shape index (κ3) is 9.95. The molecule has 1 aliphatic rings. The number of hydrogen-bond acceptors (Lipinski definition) is 6. The monoisotopic (exact) mass is 412 g/mol. The van der Waals surface area contributed by atoms with Gasteiger partial charge in [-0.15, -0.1) is 0 Å². The molecule has 0 spiro atoms. The molecule has 0 amide bonds. The first-order valence-corrected chi connectivity index (χ1v) is 4.37. The Hall–Kier alpha value is 1.10. The van der Waals surface area contributed by atoms with E-state index >= 15 is 0 Å². The molecular formula is C10H18O6Y2-2. The van der Waals surface area contributed by atoms with Crippen LogP contribution in [0.1, 0.15) is 13.8 Å². The summed E-state index contributed by atoms with van der Waals surface area (Å²) < 4.78 is 4.45. The van der Waals surface area contributed by atoms with Gasteiger partial charge >= 0.3 is 5.97 Å². The molecule has 4 atom stereocenters. The number of cyclic esters (lactones) is 1. The Morgan fingerprint density at radius 1 is 1.39 bits per heavy atom. The molecule has 102 valence electrons. The van der Waals surface area contributed by atoms with Crippen LogP contribution >= 0.6 is 0 Å². The summed E-state index contributed by atoms with van der Waals surface area (Å²) in [5.74, 6) is -1.18. The van der Waals surface area contributed by atoms with Gasteiger partial charge in [0.2, 0.25) is 0 Å². The molecule has 1 saturated heterocycles. The molecule has 0 aromatic rings. The molecular weight excluding hydrogens is 394 g/mol. The summed E-state index contributed by atoms with van der Waals surface area (Å²) >= 11 is 0. The van der Waals surface area contributed by atoms with Gasteiger partial charge in [0.25, 0.3) is 0 Å². The van der Waals surface area contributed by atoms with Crippen molar-refractivity contribution in [3.05, 3.63) is 14.4 Å². The third-order valence-corrected chi connectivity index (χ3v) is 1.81. The van der Waals surface area contributed by atoms with E-state index in [1.807, 2.05) is 0 Å². The second kappa shape index (κ2) is 13.1. The van der Waals surface area contributed by atoms with E-state index in [-0.39, 0.29) is 72.8 Å². The van der Waals surface area contributed by atoms with Gasteiger partial charge in [-0.25, -0.2) is 4.79 Å². The molecule has 1 aliphatic heterocycles. The second-order valence-corrected chi connectivity index (χ2v) is 3.22. The summed E-state index contributed by atoms with van der Waals surface area (Å²) in [5, 5.41) is 25.8. The van der Waals surface area contributed by atoms with E-state index in [0.29, 0.717) is 0 Å². The van der Waals surface area contributed by atoms with Crippen molar-refractivity contribution < 1.29 is 95.1 Å². The summed E-state index contributed by atoms with van der Waals surface area (Å²) in [6.45, 7) is 5.86. The number of ether oxygens (including phenoxy) is 1. The molecule has 3 N–H and O–H groups in total. The van der Waals surface area contributed by atoms with Crippen molar-refractivity contribution in [2.45, 2.75) is 38.3 Å². The van der Waals surface area contributed by atoms with Crippen LogP contribution < -0.4 is 0 Å². The predicted molar refractivity (Wildman–Crippen MR) is 56.0 cm³/mol. The smallest absolute Gasteiger partial charge is 0.338 e. The van der Waals surface area contributed by atoms with Crippen molar-refractivity contribution in [3.63, 3.8) is 0 Å². The van der Waals surface area contributed by atoms with E-state index in [9.17, 15) is 9.59 Å². The molecule has 1 heterocycles. The van der Waals surface area contributed by atoms with Crippen LogP contribution in [0.25, 0.3) is 0 Å². The summed E-state index contributed by atoms with van der Waals surface area (Å²) in [7, 11) is 0.